The normalized spacial score (nSPS) is 15.9. The SMILES string of the molecule is CCn1ncc2c(F)cc(-c3[nH]c(=O)c(C(/C=C4\CCCC4=O)(CC)CC)cc3F)cc21. The zero-order valence-corrected chi connectivity index (χ0v) is 18.6. The second-order valence-corrected chi connectivity index (χ2v) is 8.40. The van der Waals surface area contributed by atoms with Crippen molar-refractivity contribution in [1.29, 1.82) is 0 Å². The molecule has 1 saturated carbocycles. The molecule has 7 heteroatoms. The van der Waals surface area contributed by atoms with E-state index in [4.69, 9.17) is 0 Å². The average Bonchev–Trinajstić information content (AvgIpc) is 3.39. The Kier molecular flexibility index (Phi) is 5.84. The number of carbonyl (C=O) groups excluding carboxylic acids is 1. The minimum Gasteiger partial charge on any atom is -0.319 e. The van der Waals surface area contributed by atoms with Gasteiger partial charge in [-0.15, -0.1) is 0 Å². The number of ketones is 1. The van der Waals surface area contributed by atoms with Crippen molar-refractivity contribution in [1.82, 2.24) is 14.8 Å². The summed E-state index contributed by atoms with van der Waals surface area (Å²) in [5, 5.41) is 4.50. The van der Waals surface area contributed by atoms with E-state index in [9.17, 15) is 14.0 Å². The van der Waals surface area contributed by atoms with E-state index in [0.29, 0.717) is 43.1 Å². The fourth-order valence-corrected chi connectivity index (χ4v) is 4.75. The van der Waals surface area contributed by atoms with Gasteiger partial charge >= 0.3 is 0 Å². The fourth-order valence-electron chi connectivity index (χ4n) is 4.75. The molecule has 0 bridgehead atoms. The van der Waals surface area contributed by atoms with E-state index < -0.39 is 22.6 Å². The highest BCUT2D eigenvalue weighted by atomic mass is 19.1. The molecule has 1 N–H and O–H groups in total. The van der Waals surface area contributed by atoms with Crippen LogP contribution >= 0.6 is 0 Å². The Morgan fingerprint density at radius 2 is 1.84 bits per heavy atom. The summed E-state index contributed by atoms with van der Waals surface area (Å²) in [5.74, 6) is -1.06. The smallest absolute Gasteiger partial charge is 0.252 e. The van der Waals surface area contributed by atoms with Gasteiger partial charge in [0, 0.05) is 29.5 Å². The summed E-state index contributed by atoms with van der Waals surface area (Å²) in [4.78, 5) is 28.0. The number of fused-ring (bicyclic) bond motifs is 1. The van der Waals surface area contributed by atoms with Crippen LogP contribution in [0.15, 0.2) is 40.8 Å². The van der Waals surface area contributed by atoms with Crippen molar-refractivity contribution in [2.75, 3.05) is 0 Å². The van der Waals surface area contributed by atoms with Crippen LogP contribution in [0.2, 0.25) is 0 Å². The molecule has 3 aromatic rings. The topological polar surface area (TPSA) is 67.8 Å². The number of allylic oxidation sites excluding steroid dienone is 2. The van der Waals surface area contributed by atoms with E-state index in [1.54, 1.807) is 10.7 Å². The lowest BCUT2D eigenvalue weighted by atomic mass is 9.74. The van der Waals surface area contributed by atoms with Gasteiger partial charge in [0.1, 0.15) is 11.6 Å². The molecule has 32 heavy (non-hydrogen) atoms. The van der Waals surface area contributed by atoms with Crippen LogP contribution in [-0.2, 0) is 16.8 Å². The molecule has 0 amide bonds. The maximum absolute atomic E-state index is 15.3. The molecule has 1 aromatic carbocycles. The molecular weight excluding hydrogens is 412 g/mol. The van der Waals surface area contributed by atoms with Crippen molar-refractivity contribution in [3.05, 3.63) is 63.6 Å². The van der Waals surface area contributed by atoms with Crippen LogP contribution in [0.5, 0.6) is 0 Å². The van der Waals surface area contributed by atoms with E-state index in [2.05, 4.69) is 10.1 Å². The van der Waals surface area contributed by atoms with E-state index in [1.165, 1.54) is 18.3 Å². The van der Waals surface area contributed by atoms with Gasteiger partial charge in [-0.2, -0.15) is 5.10 Å². The molecule has 0 spiro atoms. The van der Waals surface area contributed by atoms with Gasteiger partial charge in [0.15, 0.2) is 5.78 Å². The zero-order valence-electron chi connectivity index (χ0n) is 18.6. The quantitative estimate of drug-likeness (QED) is 0.521. The Bertz CT molecular complexity index is 1280. The van der Waals surface area contributed by atoms with Crippen molar-refractivity contribution in [3.8, 4) is 11.3 Å². The van der Waals surface area contributed by atoms with Crippen molar-refractivity contribution < 1.29 is 13.6 Å². The van der Waals surface area contributed by atoms with Gasteiger partial charge in [0.2, 0.25) is 0 Å². The third-order valence-electron chi connectivity index (χ3n) is 6.75. The number of nitrogens with zero attached hydrogens (tertiary/aromatic N) is 2. The molecule has 0 unspecified atom stereocenters. The number of aromatic nitrogens is 3. The van der Waals surface area contributed by atoms with E-state index in [1.807, 2.05) is 26.8 Å². The Balaban J connectivity index is 1.86. The first-order valence-corrected chi connectivity index (χ1v) is 11.2. The summed E-state index contributed by atoms with van der Waals surface area (Å²) in [5.41, 5.74) is 0.556. The summed E-state index contributed by atoms with van der Waals surface area (Å²) >= 11 is 0. The Labute approximate surface area is 185 Å². The molecule has 0 atom stereocenters. The van der Waals surface area contributed by atoms with Crippen LogP contribution in [0.4, 0.5) is 8.78 Å². The van der Waals surface area contributed by atoms with Crippen LogP contribution in [0.3, 0.4) is 0 Å². The number of nitrogens with one attached hydrogen (secondary N) is 1. The number of Topliss-reactive ketones (excluding diaryl/α,β-unsaturated/α-hetero) is 1. The van der Waals surface area contributed by atoms with Crippen LogP contribution in [0.25, 0.3) is 22.2 Å². The average molecular weight is 440 g/mol. The lowest BCUT2D eigenvalue weighted by molar-refractivity contribution is -0.114. The molecule has 0 saturated heterocycles. The summed E-state index contributed by atoms with van der Waals surface area (Å²) in [6, 6.07) is 4.09. The van der Waals surface area contributed by atoms with Crippen molar-refractivity contribution >= 4 is 16.7 Å². The predicted octanol–water partition coefficient (Wildman–Crippen LogP) is 5.43. The Hall–Kier alpha value is -3.09. The third kappa shape index (κ3) is 3.59. The van der Waals surface area contributed by atoms with Crippen LogP contribution < -0.4 is 5.56 Å². The largest absolute Gasteiger partial charge is 0.319 e. The van der Waals surface area contributed by atoms with Crippen LogP contribution in [-0.4, -0.2) is 20.5 Å². The lowest BCUT2D eigenvalue weighted by Gasteiger charge is -2.29. The number of carbonyl (C=O) groups is 1. The first-order valence-electron chi connectivity index (χ1n) is 11.2. The summed E-state index contributed by atoms with van der Waals surface area (Å²) in [7, 11) is 0. The number of halogens is 2. The van der Waals surface area contributed by atoms with E-state index in [-0.39, 0.29) is 22.6 Å². The predicted molar refractivity (Wildman–Crippen MR) is 121 cm³/mol. The van der Waals surface area contributed by atoms with Gasteiger partial charge in [-0.3, -0.25) is 14.3 Å². The molecule has 2 heterocycles. The minimum absolute atomic E-state index is 0.0610. The lowest BCUT2D eigenvalue weighted by Crippen LogP contribution is -2.31. The molecule has 1 fully saturated rings. The number of H-pyrrole nitrogens is 1. The van der Waals surface area contributed by atoms with Crippen LogP contribution in [0.1, 0.15) is 58.4 Å². The van der Waals surface area contributed by atoms with Gasteiger partial charge in [-0.25, -0.2) is 8.78 Å². The summed E-state index contributed by atoms with van der Waals surface area (Å²) in [6.45, 7) is 6.28. The molecule has 5 nitrogen and oxygen atoms in total. The number of hydrogen-bond donors (Lipinski definition) is 1. The van der Waals surface area contributed by atoms with Crippen molar-refractivity contribution in [2.45, 2.75) is 64.8 Å². The fraction of sp³-hybridized carbons (Fsp3) is 0.400. The van der Waals surface area contributed by atoms with Gasteiger partial charge in [0.05, 0.1) is 22.8 Å². The number of aromatic amines is 1. The first kappa shape index (κ1) is 22.1. The number of benzene rings is 1. The van der Waals surface area contributed by atoms with E-state index >= 15 is 4.39 Å². The Morgan fingerprint density at radius 1 is 1.09 bits per heavy atom. The molecule has 168 valence electrons. The molecule has 2 aromatic heterocycles. The van der Waals surface area contributed by atoms with Gasteiger partial charge in [0.25, 0.3) is 5.56 Å². The molecule has 1 aliphatic rings. The summed E-state index contributed by atoms with van der Waals surface area (Å²) in [6.07, 6.45) is 6.42. The van der Waals surface area contributed by atoms with Crippen LogP contribution in [0, 0.1) is 11.6 Å². The number of hydrogen-bond acceptors (Lipinski definition) is 3. The summed E-state index contributed by atoms with van der Waals surface area (Å²) < 4.78 is 31.6. The standard InChI is InChI=1S/C25H27F2N3O2/c1-4-25(5-2,13-15-8-7-9-22(15)31)18-12-20(27)23(29-24(18)32)16-10-19(26)17-14-28-30(6-3)21(17)11-16/h10-14H,4-9H2,1-3H3,(H,29,32)/b15-13+. The monoisotopic (exact) mass is 439 g/mol. The molecule has 1 aliphatic carbocycles. The highest BCUT2D eigenvalue weighted by molar-refractivity contribution is 5.97. The first-order chi connectivity index (χ1) is 15.3. The second-order valence-electron chi connectivity index (χ2n) is 8.40. The maximum Gasteiger partial charge on any atom is 0.252 e. The minimum atomic E-state index is -0.738. The highest BCUT2D eigenvalue weighted by Crippen LogP contribution is 2.36. The molecule has 4 rings (SSSR count). The number of aryl methyl sites for hydroxylation is 1. The van der Waals surface area contributed by atoms with Gasteiger partial charge in [-0.05, 0) is 56.4 Å². The maximum atomic E-state index is 15.3. The Morgan fingerprint density at radius 3 is 2.47 bits per heavy atom. The third-order valence-corrected chi connectivity index (χ3v) is 6.75. The van der Waals surface area contributed by atoms with Gasteiger partial charge < -0.3 is 4.98 Å². The number of pyridine rings is 1. The number of rotatable bonds is 6. The van der Waals surface area contributed by atoms with Crippen molar-refractivity contribution in [2.24, 2.45) is 0 Å². The van der Waals surface area contributed by atoms with Crippen molar-refractivity contribution in [3.63, 3.8) is 0 Å². The molecular formula is C25H27F2N3O2. The van der Waals surface area contributed by atoms with E-state index in [0.717, 1.165) is 12.0 Å². The van der Waals surface area contributed by atoms with Gasteiger partial charge in [-0.1, -0.05) is 19.9 Å². The highest BCUT2D eigenvalue weighted by Gasteiger charge is 2.33. The molecule has 0 radical (unpaired) electrons. The second kappa shape index (κ2) is 8.45. The zero-order chi connectivity index (χ0) is 23.0. The molecule has 0 aliphatic heterocycles.